The molecule has 1 heterocycles. The first-order valence-electron chi connectivity index (χ1n) is 22.2. The van der Waals surface area contributed by atoms with Crippen LogP contribution in [0.3, 0.4) is 0 Å². The standard InChI is InChI=1S/C51H59N3O8/c55-31-39(28-36-24-26-41(27-25-36)60-32-37-16-6-2-7-17-37)52-48(56)30-38-18-8-3-9-23-47(50(58)61-33-40(53-49(38)57)29-35-14-4-1-5-15-35)54-51(59)62-34-46-44-21-12-10-19-42(44)43-20-11-13-22-45(43)46/h2-3,6-8,10-13,16-17,19-22,24-27,35,38-40,46-47,55H,1,4-5,9,14-15,18,23,28-34H2,(H,52,56)(H,53,57)(H,54,59). The minimum absolute atomic E-state index is 0.0566. The molecule has 4 N–H and O–H groups in total. The van der Waals surface area contributed by atoms with Crippen LogP contribution in [0.2, 0.25) is 0 Å². The molecule has 4 aromatic rings. The van der Waals surface area contributed by atoms with Gasteiger partial charge in [-0.25, -0.2) is 9.59 Å². The number of esters is 1. The van der Waals surface area contributed by atoms with E-state index in [9.17, 15) is 24.3 Å². The highest BCUT2D eigenvalue weighted by molar-refractivity contribution is 5.86. The summed E-state index contributed by atoms with van der Waals surface area (Å²) in [6, 6.07) is 31.7. The van der Waals surface area contributed by atoms with Gasteiger partial charge >= 0.3 is 12.1 Å². The van der Waals surface area contributed by atoms with Gasteiger partial charge in [-0.1, -0.05) is 135 Å². The second-order valence-corrected chi connectivity index (χ2v) is 16.9. The average Bonchev–Trinajstić information content (AvgIpc) is 3.62. The fourth-order valence-corrected chi connectivity index (χ4v) is 8.97. The van der Waals surface area contributed by atoms with Crippen molar-refractivity contribution >= 4 is 23.9 Å². The molecular formula is C51H59N3O8. The Labute approximate surface area is 364 Å². The van der Waals surface area contributed by atoms with Crippen molar-refractivity contribution in [2.24, 2.45) is 11.8 Å². The first-order chi connectivity index (χ1) is 30.3. The third-order valence-electron chi connectivity index (χ3n) is 12.3. The molecule has 0 saturated heterocycles. The molecule has 326 valence electrons. The summed E-state index contributed by atoms with van der Waals surface area (Å²) in [5.41, 5.74) is 6.42. The number of allylic oxidation sites excluding steroid dienone is 2. The maximum absolute atomic E-state index is 14.0. The van der Waals surface area contributed by atoms with E-state index in [1.165, 1.54) is 6.42 Å². The second-order valence-electron chi connectivity index (χ2n) is 16.9. The summed E-state index contributed by atoms with van der Waals surface area (Å²) >= 11 is 0. The summed E-state index contributed by atoms with van der Waals surface area (Å²) in [5.74, 6) is -0.942. The molecule has 11 nitrogen and oxygen atoms in total. The van der Waals surface area contributed by atoms with Crippen molar-refractivity contribution in [3.05, 3.63) is 138 Å². The highest BCUT2D eigenvalue weighted by Gasteiger charge is 2.32. The first kappa shape index (κ1) is 44.1. The molecule has 3 aliphatic rings. The number of hydrogen-bond acceptors (Lipinski definition) is 8. The monoisotopic (exact) mass is 841 g/mol. The molecule has 1 saturated carbocycles. The van der Waals surface area contributed by atoms with Gasteiger partial charge < -0.3 is 35.3 Å². The minimum Gasteiger partial charge on any atom is -0.489 e. The van der Waals surface area contributed by atoms with Gasteiger partial charge in [0.25, 0.3) is 0 Å². The van der Waals surface area contributed by atoms with Gasteiger partial charge in [0.1, 0.15) is 31.6 Å². The Morgan fingerprint density at radius 2 is 1.50 bits per heavy atom. The molecule has 0 aromatic heterocycles. The van der Waals surface area contributed by atoms with E-state index in [0.29, 0.717) is 38.2 Å². The molecule has 4 atom stereocenters. The number of aliphatic hydroxyl groups is 1. The van der Waals surface area contributed by atoms with E-state index < -0.39 is 36.1 Å². The molecule has 7 rings (SSSR count). The molecule has 3 amide bonds. The van der Waals surface area contributed by atoms with Crippen LogP contribution < -0.4 is 20.7 Å². The summed E-state index contributed by atoms with van der Waals surface area (Å²) in [6.07, 6.45) is 10.4. The molecule has 62 heavy (non-hydrogen) atoms. The minimum atomic E-state index is -0.961. The molecule has 0 bridgehead atoms. The Hall–Kier alpha value is -5.94. The van der Waals surface area contributed by atoms with Crippen LogP contribution >= 0.6 is 0 Å². The van der Waals surface area contributed by atoms with Crippen molar-refractivity contribution in [1.29, 1.82) is 0 Å². The molecular weight excluding hydrogens is 783 g/mol. The number of fused-ring (bicyclic) bond motifs is 3. The Bertz CT molecular complexity index is 2090. The van der Waals surface area contributed by atoms with Crippen LogP contribution in [0.5, 0.6) is 5.75 Å². The summed E-state index contributed by atoms with van der Waals surface area (Å²) in [5, 5.41) is 19.1. The smallest absolute Gasteiger partial charge is 0.407 e. The number of carbonyl (C=O) groups is 4. The first-order valence-corrected chi connectivity index (χ1v) is 22.2. The van der Waals surface area contributed by atoms with E-state index in [1.54, 1.807) is 0 Å². The van der Waals surface area contributed by atoms with E-state index in [-0.39, 0.29) is 50.4 Å². The summed E-state index contributed by atoms with van der Waals surface area (Å²) < 4.78 is 17.5. The zero-order valence-corrected chi connectivity index (χ0v) is 35.3. The lowest BCUT2D eigenvalue weighted by molar-refractivity contribution is -0.148. The quantitative estimate of drug-likeness (QED) is 0.0738. The fraction of sp³-hybridized carbons (Fsp3) is 0.412. The van der Waals surface area contributed by atoms with Gasteiger partial charge in [-0.05, 0) is 83.5 Å². The van der Waals surface area contributed by atoms with Gasteiger partial charge in [-0.2, -0.15) is 0 Å². The van der Waals surface area contributed by atoms with Crippen molar-refractivity contribution in [3.63, 3.8) is 0 Å². The number of ether oxygens (including phenoxy) is 3. The fourth-order valence-electron chi connectivity index (χ4n) is 8.97. The summed E-state index contributed by atoms with van der Waals surface area (Å²) in [6.45, 7) is 0.240. The Morgan fingerprint density at radius 3 is 2.21 bits per heavy atom. The number of alkyl carbamates (subject to hydrolysis) is 1. The van der Waals surface area contributed by atoms with Crippen LogP contribution in [-0.4, -0.2) is 66.9 Å². The Kier molecular flexibility index (Phi) is 15.8. The Balaban J connectivity index is 0.959. The lowest BCUT2D eigenvalue weighted by Gasteiger charge is -2.28. The predicted octanol–water partition coefficient (Wildman–Crippen LogP) is 7.94. The van der Waals surface area contributed by atoms with Gasteiger partial charge in [0.15, 0.2) is 0 Å². The Morgan fingerprint density at radius 1 is 0.806 bits per heavy atom. The third-order valence-corrected chi connectivity index (χ3v) is 12.3. The highest BCUT2D eigenvalue weighted by Crippen LogP contribution is 2.44. The molecule has 4 unspecified atom stereocenters. The van der Waals surface area contributed by atoms with Crippen molar-refractivity contribution in [1.82, 2.24) is 16.0 Å². The van der Waals surface area contributed by atoms with Gasteiger partial charge in [-0.15, -0.1) is 0 Å². The van der Waals surface area contributed by atoms with Gasteiger partial charge in [0, 0.05) is 12.3 Å². The van der Waals surface area contributed by atoms with Crippen LogP contribution in [0, 0.1) is 11.8 Å². The van der Waals surface area contributed by atoms with Crippen molar-refractivity contribution < 1.29 is 38.5 Å². The highest BCUT2D eigenvalue weighted by atomic mass is 16.6. The zero-order valence-electron chi connectivity index (χ0n) is 35.3. The molecule has 2 aliphatic carbocycles. The van der Waals surface area contributed by atoms with Gasteiger partial charge in [-0.3, -0.25) is 9.59 Å². The third kappa shape index (κ3) is 12.3. The average molecular weight is 842 g/mol. The van der Waals surface area contributed by atoms with Crippen LogP contribution in [0.25, 0.3) is 11.1 Å². The SMILES string of the molecule is O=C(CC1CC=CCCC(NC(=O)OCC2c3ccccc3-c3ccccc32)C(=O)OCC(CC2CCCCC2)NC1=O)NC(CO)Cc1ccc(OCc2ccccc2)cc1. The van der Waals surface area contributed by atoms with Crippen molar-refractivity contribution in [2.75, 3.05) is 19.8 Å². The lowest BCUT2D eigenvalue weighted by Crippen LogP contribution is -2.47. The largest absolute Gasteiger partial charge is 0.489 e. The topological polar surface area (TPSA) is 152 Å². The van der Waals surface area contributed by atoms with E-state index in [4.69, 9.17) is 14.2 Å². The number of nitrogens with one attached hydrogen (secondary N) is 3. The number of benzene rings is 4. The van der Waals surface area contributed by atoms with Crippen LogP contribution in [0.4, 0.5) is 4.79 Å². The number of carbonyl (C=O) groups excluding carboxylic acids is 4. The van der Waals surface area contributed by atoms with Crippen LogP contribution in [0.1, 0.15) is 92.4 Å². The maximum atomic E-state index is 14.0. The predicted molar refractivity (Wildman–Crippen MR) is 237 cm³/mol. The van der Waals surface area contributed by atoms with Crippen molar-refractivity contribution in [2.45, 2.75) is 101 Å². The summed E-state index contributed by atoms with van der Waals surface area (Å²) in [7, 11) is 0. The van der Waals surface area contributed by atoms with E-state index in [2.05, 4.69) is 40.2 Å². The second kappa shape index (κ2) is 22.2. The van der Waals surface area contributed by atoms with Crippen LogP contribution in [0.15, 0.2) is 115 Å². The molecule has 1 aliphatic heterocycles. The molecule has 4 aromatic carbocycles. The summed E-state index contributed by atoms with van der Waals surface area (Å²) in [4.78, 5) is 54.4. The van der Waals surface area contributed by atoms with E-state index in [0.717, 1.165) is 64.8 Å². The number of aliphatic hydroxyl groups excluding tert-OH is 1. The van der Waals surface area contributed by atoms with E-state index >= 15 is 0 Å². The zero-order chi connectivity index (χ0) is 43.1. The maximum Gasteiger partial charge on any atom is 0.407 e. The lowest BCUT2D eigenvalue weighted by atomic mass is 9.84. The van der Waals surface area contributed by atoms with Gasteiger partial charge in [0.2, 0.25) is 11.8 Å². The molecule has 1 fully saturated rings. The number of rotatable bonds is 14. The number of cyclic esters (lactones) is 1. The molecule has 0 radical (unpaired) electrons. The van der Waals surface area contributed by atoms with E-state index in [1.807, 2.05) is 91.0 Å². The number of amides is 3. The van der Waals surface area contributed by atoms with Gasteiger partial charge in [0.05, 0.1) is 24.6 Å². The molecule has 11 heteroatoms. The normalized spacial score (nSPS) is 20.2. The van der Waals surface area contributed by atoms with Crippen LogP contribution in [-0.2, 0) is 36.9 Å². The number of hydrogen-bond donors (Lipinski definition) is 4. The molecule has 0 spiro atoms. The van der Waals surface area contributed by atoms with Crippen molar-refractivity contribution in [3.8, 4) is 16.9 Å².